The van der Waals surface area contributed by atoms with Crippen molar-refractivity contribution < 1.29 is 8.42 Å². The molecule has 3 rings (SSSR count). The van der Waals surface area contributed by atoms with Crippen LogP contribution in [0.3, 0.4) is 0 Å². The molecule has 0 amide bonds. The quantitative estimate of drug-likeness (QED) is 0.578. The fourth-order valence-electron chi connectivity index (χ4n) is 3.66. The Balaban J connectivity index is 1.66. The third-order valence-corrected chi connectivity index (χ3v) is 6.28. The van der Waals surface area contributed by atoms with Gasteiger partial charge < -0.3 is 10.6 Å². The zero-order valence-corrected chi connectivity index (χ0v) is 17.7. The molecule has 0 unspecified atom stereocenters. The highest BCUT2D eigenvalue weighted by Gasteiger charge is 2.12. The van der Waals surface area contributed by atoms with Gasteiger partial charge in [-0.3, -0.25) is 0 Å². The van der Waals surface area contributed by atoms with Gasteiger partial charge in [0.05, 0.1) is 11.4 Å². The lowest BCUT2D eigenvalue weighted by Crippen LogP contribution is -2.36. The van der Waals surface area contributed by atoms with Gasteiger partial charge in [0.2, 0.25) is 0 Å². The molecule has 0 atom stereocenters. The monoisotopic (exact) mass is 399 g/mol. The summed E-state index contributed by atoms with van der Waals surface area (Å²) in [5, 5.41) is 6.66. The van der Waals surface area contributed by atoms with E-state index in [4.69, 9.17) is 0 Å². The average Bonchev–Trinajstić information content (AvgIpc) is 3.10. The Morgan fingerprint density at radius 2 is 1.79 bits per heavy atom. The van der Waals surface area contributed by atoms with E-state index < -0.39 is 9.84 Å². The minimum atomic E-state index is -3.19. The molecule has 0 saturated carbocycles. The molecular weight excluding hydrogens is 370 g/mol. The van der Waals surface area contributed by atoms with Crippen LogP contribution in [0, 0.1) is 6.92 Å². The smallest absolute Gasteiger partial charge is 0.191 e. The second-order valence-corrected chi connectivity index (χ2v) is 9.36. The summed E-state index contributed by atoms with van der Waals surface area (Å²) in [7, 11) is -3.19. The number of sulfone groups is 1. The normalized spacial score (nSPS) is 14.0. The molecule has 0 fully saturated rings. The van der Waals surface area contributed by atoms with E-state index in [2.05, 4.69) is 33.8 Å². The number of rotatable bonds is 6. The first-order valence-corrected chi connectivity index (χ1v) is 11.7. The van der Waals surface area contributed by atoms with Gasteiger partial charge in [-0.2, -0.15) is 0 Å². The van der Waals surface area contributed by atoms with Gasteiger partial charge in [0, 0.05) is 19.3 Å². The molecule has 0 aliphatic heterocycles. The van der Waals surface area contributed by atoms with Crippen LogP contribution in [-0.4, -0.2) is 27.2 Å². The molecule has 0 radical (unpaired) electrons. The molecule has 2 N–H and O–H groups in total. The molecule has 5 nitrogen and oxygen atoms in total. The van der Waals surface area contributed by atoms with Crippen LogP contribution in [0.25, 0.3) is 0 Å². The predicted molar refractivity (Wildman–Crippen MR) is 114 cm³/mol. The van der Waals surface area contributed by atoms with E-state index in [1.807, 2.05) is 26.0 Å². The first kappa shape index (κ1) is 20.4. The largest absolute Gasteiger partial charge is 0.357 e. The molecule has 0 bridgehead atoms. The van der Waals surface area contributed by atoms with Gasteiger partial charge in [-0.05, 0) is 67.0 Å². The fourth-order valence-corrected chi connectivity index (χ4v) is 4.62. The van der Waals surface area contributed by atoms with Crippen LogP contribution in [0.1, 0.15) is 41.2 Å². The number of hydrogen-bond acceptors (Lipinski definition) is 3. The van der Waals surface area contributed by atoms with Crippen LogP contribution in [0.4, 0.5) is 0 Å². The van der Waals surface area contributed by atoms with Crippen molar-refractivity contribution in [3.05, 3.63) is 64.2 Å². The van der Waals surface area contributed by atoms with Gasteiger partial charge >= 0.3 is 0 Å². The summed E-state index contributed by atoms with van der Waals surface area (Å²) in [6, 6.07) is 12.1. The number of hydrogen-bond donors (Lipinski definition) is 2. The van der Waals surface area contributed by atoms with Gasteiger partial charge in [-0.25, -0.2) is 13.4 Å². The molecular formula is C22H29N3O2S. The number of aryl methyl sites for hydroxylation is 3. The molecule has 150 valence electrons. The maximum atomic E-state index is 11.8. The Labute approximate surface area is 168 Å². The molecule has 2 aromatic rings. The zero-order valence-electron chi connectivity index (χ0n) is 16.9. The Morgan fingerprint density at radius 1 is 1.04 bits per heavy atom. The number of fused-ring (bicyclic) bond motifs is 1. The zero-order chi connectivity index (χ0) is 20.1. The Morgan fingerprint density at radius 3 is 2.50 bits per heavy atom. The first-order chi connectivity index (χ1) is 13.4. The van der Waals surface area contributed by atoms with Crippen molar-refractivity contribution in [3.63, 3.8) is 0 Å². The lowest BCUT2D eigenvalue weighted by molar-refractivity contribution is 0.601. The molecule has 2 aromatic carbocycles. The van der Waals surface area contributed by atoms with Crippen molar-refractivity contribution in [1.29, 1.82) is 0 Å². The molecule has 0 saturated heterocycles. The highest BCUT2D eigenvalue weighted by molar-refractivity contribution is 7.90. The number of nitrogens with one attached hydrogen (secondary N) is 2. The summed E-state index contributed by atoms with van der Waals surface area (Å²) in [5.41, 5.74) is 5.96. The Bertz CT molecular complexity index is 981. The van der Waals surface area contributed by atoms with Crippen molar-refractivity contribution >= 4 is 15.8 Å². The molecule has 0 spiro atoms. The maximum Gasteiger partial charge on any atom is 0.191 e. The van der Waals surface area contributed by atoms with Crippen molar-refractivity contribution in [2.75, 3.05) is 12.8 Å². The third-order valence-electron chi connectivity index (χ3n) is 5.03. The van der Waals surface area contributed by atoms with Crippen molar-refractivity contribution in [1.82, 2.24) is 10.6 Å². The average molecular weight is 400 g/mol. The topological polar surface area (TPSA) is 70.6 Å². The van der Waals surface area contributed by atoms with E-state index in [1.54, 1.807) is 6.07 Å². The minimum Gasteiger partial charge on any atom is -0.357 e. The summed E-state index contributed by atoms with van der Waals surface area (Å²) in [6.07, 6.45) is 4.87. The van der Waals surface area contributed by atoms with Crippen molar-refractivity contribution in [3.8, 4) is 0 Å². The maximum absolute atomic E-state index is 11.8. The van der Waals surface area contributed by atoms with E-state index in [-0.39, 0.29) is 0 Å². The number of nitrogens with zero attached hydrogens (tertiary/aromatic N) is 1. The van der Waals surface area contributed by atoms with Crippen LogP contribution in [-0.2, 0) is 35.8 Å². The van der Waals surface area contributed by atoms with Gasteiger partial charge in [-0.1, -0.05) is 30.3 Å². The number of aliphatic imine (C=N–C) groups is 1. The Hall–Kier alpha value is -2.34. The van der Waals surface area contributed by atoms with E-state index >= 15 is 0 Å². The lowest BCUT2D eigenvalue weighted by Gasteiger charge is -2.12. The van der Waals surface area contributed by atoms with Crippen molar-refractivity contribution in [2.24, 2.45) is 4.99 Å². The lowest BCUT2D eigenvalue weighted by atomic mass is 10.1. The minimum absolute atomic E-state index is 0.377. The molecule has 28 heavy (non-hydrogen) atoms. The number of benzene rings is 2. The SMILES string of the molecule is CCNC(=NCc1ccc(S(C)(=O)=O)c(C)c1)NCc1ccc2c(c1)CCC2. The number of guanidine groups is 1. The van der Waals surface area contributed by atoms with Gasteiger partial charge in [0.1, 0.15) is 0 Å². The van der Waals surface area contributed by atoms with E-state index in [1.165, 1.54) is 42.2 Å². The van der Waals surface area contributed by atoms with Gasteiger partial charge in [0.15, 0.2) is 15.8 Å². The van der Waals surface area contributed by atoms with Crippen LogP contribution in [0.2, 0.25) is 0 Å². The van der Waals surface area contributed by atoms with E-state index in [0.717, 1.165) is 30.2 Å². The van der Waals surface area contributed by atoms with Crippen LogP contribution in [0.15, 0.2) is 46.3 Å². The molecule has 0 aromatic heterocycles. The van der Waals surface area contributed by atoms with Crippen molar-refractivity contribution in [2.45, 2.75) is 51.1 Å². The molecule has 1 aliphatic rings. The highest BCUT2D eigenvalue weighted by atomic mass is 32.2. The molecule has 0 heterocycles. The fraction of sp³-hybridized carbons (Fsp3) is 0.409. The molecule has 1 aliphatic carbocycles. The van der Waals surface area contributed by atoms with Crippen LogP contribution < -0.4 is 10.6 Å². The van der Waals surface area contributed by atoms with Gasteiger partial charge in [0.25, 0.3) is 0 Å². The van der Waals surface area contributed by atoms with E-state index in [0.29, 0.717) is 11.4 Å². The summed E-state index contributed by atoms with van der Waals surface area (Å²) in [6.45, 7) is 5.86. The Kier molecular flexibility index (Phi) is 6.39. The standard InChI is InChI=1S/C22H29N3O2S/c1-4-23-22(25-15-18-8-10-19-6-5-7-20(19)13-18)24-14-17-9-11-21(16(2)12-17)28(3,26)27/h8-13H,4-7,14-15H2,1-3H3,(H2,23,24,25). The summed E-state index contributed by atoms with van der Waals surface area (Å²) in [5.74, 6) is 0.757. The summed E-state index contributed by atoms with van der Waals surface area (Å²) >= 11 is 0. The van der Waals surface area contributed by atoms with Gasteiger partial charge in [-0.15, -0.1) is 0 Å². The first-order valence-electron chi connectivity index (χ1n) is 9.79. The summed E-state index contributed by atoms with van der Waals surface area (Å²) < 4.78 is 23.5. The summed E-state index contributed by atoms with van der Waals surface area (Å²) in [4.78, 5) is 5.03. The second-order valence-electron chi connectivity index (χ2n) is 7.38. The predicted octanol–water partition coefficient (Wildman–Crippen LogP) is 3.14. The van der Waals surface area contributed by atoms with E-state index in [9.17, 15) is 8.42 Å². The highest BCUT2D eigenvalue weighted by Crippen LogP contribution is 2.22. The molecule has 6 heteroatoms. The van der Waals surface area contributed by atoms with Crippen LogP contribution >= 0.6 is 0 Å². The van der Waals surface area contributed by atoms with Crippen LogP contribution in [0.5, 0.6) is 0 Å². The second kappa shape index (κ2) is 8.78. The third kappa shape index (κ3) is 5.13.